The molecule has 0 unspecified atom stereocenters. The van der Waals surface area contributed by atoms with Crippen LogP contribution in [0.1, 0.15) is 19.8 Å². The van der Waals surface area contributed by atoms with Crippen LogP contribution in [0.3, 0.4) is 0 Å². The number of rotatable bonds is 3. The Bertz CT molecular complexity index is 511. The largest absolute Gasteiger partial charge is 0.550 e. The number of hydrogen-bond donors (Lipinski definition) is 1. The number of carboxylic acids is 1. The van der Waals surface area contributed by atoms with Crippen molar-refractivity contribution >= 4 is 17.6 Å². The first-order valence-electron chi connectivity index (χ1n) is 6.15. The van der Waals surface area contributed by atoms with E-state index in [1.165, 1.54) is 6.20 Å². The minimum Gasteiger partial charge on any atom is -0.550 e. The third-order valence-electron chi connectivity index (χ3n) is 3.32. The van der Waals surface area contributed by atoms with E-state index in [9.17, 15) is 14.7 Å². The van der Waals surface area contributed by atoms with Gasteiger partial charge in [0.25, 0.3) is 0 Å². The van der Waals surface area contributed by atoms with E-state index in [0.717, 1.165) is 5.57 Å². The van der Waals surface area contributed by atoms with Crippen molar-refractivity contribution in [3.63, 3.8) is 0 Å². The quantitative estimate of drug-likeness (QED) is 0.812. The molecule has 0 aliphatic heterocycles. The van der Waals surface area contributed by atoms with Gasteiger partial charge in [0.05, 0.1) is 17.8 Å². The highest BCUT2D eigenvalue weighted by Gasteiger charge is 2.31. The van der Waals surface area contributed by atoms with Crippen molar-refractivity contribution in [3.8, 4) is 0 Å². The van der Waals surface area contributed by atoms with E-state index in [4.69, 9.17) is 0 Å². The van der Waals surface area contributed by atoms with Gasteiger partial charge in [-0.3, -0.25) is 9.78 Å². The second kappa shape index (κ2) is 5.65. The van der Waals surface area contributed by atoms with E-state index in [2.05, 4.69) is 10.3 Å². The average Bonchev–Trinajstić information content (AvgIpc) is 2.39. The molecule has 0 spiro atoms. The molecule has 0 fully saturated rings. The predicted molar refractivity (Wildman–Crippen MR) is 67.8 cm³/mol. The maximum absolute atomic E-state index is 12.2. The summed E-state index contributed by atoms with van der Waals surface area (Å²) < 4.78 is 0. The maximum atomic E-state index is 12.2. The lowest BCUT2D eigenvalue weighted by Crippen LogP contribution is -2.42. The van der Waals surface area contributed by atoms with Crippen LogP contribution in [-0.2, 0) is 9.59 Å². The molecular weight excluding hydrogens is 244 g/mol. The van der Waals surface area contributed by atoms with Gasteiger partial charge in [0.15, 0.2) is 0 Å². The van der Waals surface area contributed by atoms with E-state index in [1.54, 1.807) is 18.3 Å². The smallest absolute Gasteiger partial charge is 0.228 e. The molecule has 1 aliphatic rings. The van der Waals surface area contributed by atoms with Crippen molar-refractivity contribution in [1.82, 2.24) is 4.98 Å². The third-order valence-corrected chi connectivity index (χ3v) is 3.32. The van der Waals surface area contributed by atoms with Gasteiger partial charge in [-0.25, -0.2) is 0 Å². The molecule has 100 valence electrons. The molecule has 1 aromatic heterocycles. The average molecular weight is 259 g/mol. The summed E-state index contributed by atoms with van der Waals surface area (Å²) in [6, 6.07) is 3.42. The molecule has 1 aromatic rings. The molecule has 0 radical (unpaired) electrons. The fourth-order valence-corrected chi connectivity index (χ4v) is 2.27. The zero-order valence-electron chi connectivity index (χ0n) is 10.6. The number of pyridine rings is 1. The monoisotopic (exact) mass is 259 g/mol. The van der Waals surface area contributed by atoms with Crippen LogP contribution in [-0.4, -0.2) is 16.9 Å². The molecular formula is C14H15N2O3-. The fourth-order valence-electron chi connectivity index (χ4n) is 2.27. The molecule has 0 saturated heterocycles. The Morgan fingerprint density at radius 2 is 2.21 bits per heavy atom. The van der Waals surface area contributed by atoms with E-state index < -0.39 is 17.8 Å². The fraction of sp³-hybridized carbons (Fsp3) is 0.357. The Morgan fingerprint density at radius 1 is 1.42 bits per heavy atom. The lowest BCUT2D eigenvalue weighted by atomic mass is 9.79. The molecule has 1 heterocycles. The Hall–Kier alpha value is -2.17. The normalized spacial score (nSPS) is 22.5. The molecule has 5 heteroatoms. The standard InChI is InChI=1S/C14H16N2O3/c1-9-4-5-11(14(18)19)12(7-9)13(17)16-10-3-2-6-15-8-10/h2-4,6,8,11-12H,5,7H2,1H3,(H,16,17)(H,18,19)/p-1/t11-,12-/m0/s1. The highest BCUT2D eigenvalue weighted by atomic mass is 16.4. The van der Waals surface area contributed by atoms with Gasteiger partial charge in [0.1, 0.15) is 0 Å². The molecule has 2 rings (SSSR count). The zero-order chi connectivity index (χ0) is 13.8. The first kappa shape index (κ1) is 13.3. The molecule has 1 amide bonds. The van der Waals surface area contributed by atoms with Gasteiger partial charge in [-0.05, 0) is 31.9 Å². The van der Waals surface area contributed by atoms with Gasteiger partial charge >= 0.3 is 0 Å². The Balaban J connectivity index is 2.12. The van der Waals surface area contributed by atoms with Crippen LogP contribution in [0.2, 0.25) is 0 Å². The van der Waals surface area contributed by atoms with Crippen molar-refractivity contribution in [3.05, 3.63) is 36.2 Å². The Labute approximate surface area is 111 Å². The van der Waals surface area contributed by atoms with Crippen molar-refractivity contribution < 1.29 is 14.7 Å². The molecule has 0 bridgehead atoms. The third kappa shape index (κ3) is 3.19. The number of nitrogens with one attached hydrogen (secondary N) is 1. The van der Waals surface area contributed by atoms with Crippen LogP contribution >= 0.6 is 0 Å². The van der Waals surface area contributed by atoms with Gasteiger partial charge in [-0.1, -0.05) is 11.6 Å². The van der Waals surface area contributed by atoms with Crippen molar-refractivity contribution in [2.75, 3.05) is 5.32 Å². The number of aromatic nitrogens is 1. The molecule has 5 nitrogen and oxygen atoms in total. The number of aliphatic carboxylic acids is 1. The summed E-state index contributed by atoms with van der Waals surface area (Å²) in [7, 11) is 0. The van der Waals surface area contributed by atoms with Crippen molar-refractivity contribution in [1.29, 1.82) is 0 Å². The zero-order valence-corrected chi connectivity index (χ0v) is 10.6. The summed E-state index contributed by atoms with van der Waals surface area (Å²) in [5.41, 5.74) is 1.60. The number of anilines is 1. The minimum absolute atomic E-state index is 0.297. The van der Waals surface area contributed by atoms with Gasteiger partial charge < -0.3 is 15.2 Å². The van der Waals surface area contributed by atoms with Crippen LogP contribution in [0.4, 0.5) is 5.69 Å². The number of carboxylic acid groups (broad SMARTS) is 1. The molecule has 0 saturated carbocycles. The summed E-state index contributed by atoms with van der Waals surface area (Å²) >= 11 is 0. The summed E-state index contributed by atoms with van der Waals surface area (Å²) in [6.07, 6.45) is 5.78. The van der Waals surface area contributed by atoms with Crippen molar-refractivity contribution in [2.45, 2.75) is 19.8 Å². The highest BCUT2D eigenvalue weighted by Crippen LogP contribution is 2.30. The number of carbonyl (C=O) groups excluding carboxylic acids is 2. The summed E-state index contributed by atoms with van der Waals surface area (Å²) in [6.45, 7) is 1.90. The lowest BCUT2D eigenvalue weighted by Gasteiger charge is -2.30. The topological polar surface area (TPSA) is 82.1 Å². The number of amides is 1. The molecule has 1 N–H and O–H groups in total. The van der Waals surface area contributed by atoms with Gasteiger partial charge in [0, 0.05) is 18.1 Å². The van der Waals surface area contributed by atoms with E-state index in [1.807, 2.05) is 13.0 Å². The Kier molecular flexibility index (Phi) is 3.94. The van der Waals surface area contributed by atoms with Crippen LogP contribution in [0.5, 0.6) is 0 Å². The highest BCUT2D eigenvalue weighted by molar-refractivity contribution is 5.95. The predicted octanol–water partition coefficient (Wildman–Crippen LogP) is 0.742. The summed E-state index contributed by atoms with van der Waals surface area (Å²) in [4.78, 5) is 27.2. The molecule has 2 atom stereocenters. The second-order valence-electron chi connectivity index (χ2n) is 4.75. The SMILES string of the molecule is CC1=CC[C@H](C(=O)[O-])[C@@H](C(=O)Nc2cccnc2)C1. The van der Waals surface area contributed by atoms with Crippen LogP contribution in [0.25, 0.3) is 0 Å². The van der Waals surface area contributed by atoms with Gasteiger partial charge in [0.2, 0.25) is 5.91 Å². The van der Waals surface area contributed by atoms with Crippen LogP contribution < -0.4 is 10.4 Å². The second-order valence-corrected chi connectivity index (χ2v) is 4.75. The number of carbonyl (C=O) groups is 2. The van der Waals surface area contributed by atoms with E-state index in [0.29, 0.717) is 18.5 Å². The first-order valence-corrected chi connectivity index (χ1v) is 6.15. The Morgan fingerprint density at radius 3 is 2.84 bits per heavy atom. The number of nitrogens with zero attached hydrogens (tertiary/aromatic N) is 1. The van der Waals surface area contributed by atoms with E-state index >= 15 is 0 Å². The van der Waals surface area contributed by atoms with Crippen LogP contribution in [0.15, 0.2) is 36.2 Å². The molecule has 0 aromatic carbocycles. The van der Waals surface area contributed by atoms with Crippen LogP contribution in [0, 0.1) is 11.8 Å². The summed E-state index contributed by atoms with van der Waals surface area (Å²) in [5.74, 6) is -2.82. The van der Waals surface area contributed by atoms with Crippen molar-refractivity contribution in [2.24, 2.45) is 11.8 Å². The molecule has 1 aliphatic carbocycles. The first-order chi connectivity index (χ1) is 9.08. The number of allylic oxidation sites excluding steroid dienone is 2. The summed E-state index contributed by atoms with van der Waals surface area (Å²) in [5, 5.41) is 13.8. The number of hydrogen-bond acceptors (Lipinski definition) is 4. The van der Waals surface area contributed by atoms with E-state index in [-0.39, 0.29) is 5.91 Å². The minimum atomic E-state index is -1.17. The molecule has 19 heavy (non-hydrogen) atoms. The lowest BCUT2D eigenvalue weighted by molar-refractivity contribution is -0.313. The maximum Gasteiger partial charge on any atom is 0.228 e. The van der Waals surface area contributed by atoms with Gasteiger partial charge in [-0.2, -0.15) is 0 Å². The van der Waals surface area contributed by atoms with Gasteiger partial charge in [-0.15, -0.1) is 0 Å².